The van der Waals surface area contributed by atoms with E-state index in [1.54, 1.807) is 11.3 Å². The third-order valence-electron chi connectivity index (χ3n) is 3.62. The number of carbonyl (C=O) groups excluding carboxylic acids is 1. The summed E-state index contributed by atoms with van der Waals surface area (Å²) in [5.41, 5.74) is 0.227. The van der Waals surface area contributed by atoms with Crippen LogP contribution in [-0.2, 0) is 6.42 Å². The molecule has 0 fully saturated rings. The van der Waals surface area contributed by atoms with Crippen molar-refractivity contribution in [3.05, 3.63) is 57.0 Å². The van der Waals surface area contributed by atoms with Gasteiger partial charge in [-0.05, 0) is 36.3 Å². The molecule has 0 N–H and O–H groups in total. The Labute approximate surface area is 118 Å². The van der Waals surface area contributed by atoms with Crippen molar-refractivity contribution in [2.45, 2.75) is 25.2 Å². The summed E-state index contributed by atoms with van der Waals surface area (Å²) in [7, 11) is 0. The molecule has 1 atom stereocenters. The Hall–Kier alpha value is -1.62. The van der Waals surface area contributed by atoms with Crippen molar-refractivity contribution in [2.24, 2.45) is 0 Å². The molecule has 0 saturated heterocycles. The van der Waals surface area contributed by atoms with Crippen molar-refractivity contribution in [1.82, 2.24) is 0 Å². The molecule has 2 aromatic rings. The third kappa shape index (κ3) is 2.16. The average Bonchev–Trinajstić information content (AvgIpc) is 2.85. The third-order valence-corrected chi connectivity index (χ3v) is 4.62. The Morgan fingerprint density at radius 1 is 1.20 bits per heavy atom. The molecule has 0 radical (unpaired) electrons. The van der Waals surface area contributed by atoms with E-state index in [0.717, 1.165) is 23.3 Å². The monoisotopic (exact) mass is 296 g/mol. The molecule has 1 aliphatic rings. The fourth-order valence-electron chi connectivity index (χ4n) is 2.71. The van der Waals surface area contributed by atoms with Gasteiger partial charge in [-0.2, -0.15) is 0 Å². The Morgan fingerprint density at radius 3 is 2.60 bits per heavy atom. The molecule has 1 nitrogen and oxygen atoms in total. The summed E-state index contributed by atoms with van der Waals surface area (Å²) in [5, 5.41) is 1.88. The van der Waals surface area contributed by atoms with Crippen LogP contribution in [0.5, 0.6) is 0 Å². The fraction of sp³-hybridized carbons (Fsp3) is 0.267. The maximum absolute atomic E-state index is 13.7. The number of Topliss-reactive ketones (excluding diaryl/α,β-unsaturated/α-hetero) is 1. The summed E-state index contributed by atoms with van der Waals surface area (Å²) in [6.45, 7) is 0. The zero-order valence-electron chi connectivity index (χ0n) is 10.5. The van der Waals surface area contributed by atoms with Crippen LogP contribution in [0.15, 0.2) is 23.6 Å². The molecule has 5 heteroatoms. The van der Waals surface area contributed by atoms with Crippen molar-refractivity contribution in [1.29, 1.82) is 0 Å². The van der Waals surface area contributed by atoms with E-state index in [-0.39, 0.29) is 0 Å². The number of aryl methyl sites for hydroxylation is 1. The van der Waals surface area contributed by atoms with Gasteiger partial charge in [-0.15, -0.1) is 11.3 Å². The molecule has 0 saturated carbocycles. The first-order valence-electron chi connectivity index (χ1n) is 6.33. The normalized spacial score (nSPS) is 17.9. The Balaban J connectivity index is 2.03. The lowest BCUT2D eigenvalue weighted by Gasteiger charge is -2.21. The number of benzene rings is 1. The van der Waals surface area contributed by atoms with E-state index in [2.05, 4.69) is 0 Å². The second-order valence-electron chi connectivity index (χ2n) is 4.85. The smallest absolute Gasteiger partial charge is 0.176 e. The van der Waals surface area contributed by atoms with Gasteiger partial charge in [0.25, 0.3) is 0 Å². The Kier molecular flexibility index (Phi) is 3.38. The number of hydrogen-bond acceptors (Lipinski definition) is 2. The molecule has 0 bridgehead atoms. The lowest BCUT2D eigenvalue weighted by atomic mass is 9.82. The minimum atomic E-state index is -1.13. The van der Waals surface area contributed by atoms with E-state index in [1.807, 2.05) is 11.4 Å². The van der Waals surface area contributed by atoms with Crippen LogP contribution in [0.3, 0.4) is 0 Å². The number of thiophene rings is 1. The summed E-state index contributed by atoms with van der Waals surface area (Å²) in [5.74, 6) is -4.40. The first kappa shape index (κ1) is 13.4. The highest BCUT2D eigenvalue weighted by atomic mass is 32.1. The summed E-state index contributed by atoms with van der Waals surface area (Å²) >= 11 is 1.55. The van der Waals surface area contributed by atoms with Gasteiger partial charge in [0.1, 0.15) is 17.5 Å². The molecule has 20 heavy (non-hydrogen) atoms. The van der Waals surface area contributed by atoms with Crippen LogP contribution in [0.4, 0.5) is 13.2 Å². The fourth-order valence-corrected chi connectivity index (χ4v) is 3.70. The summed E-state index contributed by atoms with van der Waals surface area (Å²) < 4.78 is 40.4. The van der Waals surface area contributed by atoms with Crippen molar-refractivity contribution >= 4 is 17.1 Å². The minimum absolute atomic E-state index is 0.528. The maximum atomic E-state index is 13.7. The second kappa shape index (κ2) is 5.05. The highest BCUT2D eigenvalue weighted by molar-refractivity contribution is 7.10. The van der Waals surface area contributed by atoms with Crippen LogP contribution in [0.2, 0.25) is 0 Å². The number of rotatable bonds is 2. The number of carbonyl (C=O) groups is 1. The molecule has 3 rings (SSSR count). The van der Waals surface area contributed by atoms with Crippen LogP contribution >= 0.6 is 11.3 Å². The van der Waals surface area contributed by atoms with Gasteiger partial charge in [-0.25, -0.2) is 13.2 Å². The summed E-state index contributed by atoms with van der Waals surface area (Å²) in [6.07, 6.45) is 2.28. The van der Waals surface area contributed by atoms with Gasteiger partial charge in [0, 0.05) is 22.9 Å². The van der Waals surface area contributed by atoms with Crippen molar-refractivity contribution in [3.63, 3.8) is 0 Å². The molecule has 1 unspecified atom stereocenters. The van der Waals surface area contributed by atoms with E-state index < -0.39 is 34.7 Å². The second-order valence-corrected chi connectivity index (χ2v) is 5.85. The van der Waals surface area contributed by atoms with Crippen molar-refractivity contribution in [2.75, 3.05) is 0 Å². The van der Waals surface area contributed by atoms with E-state index in [9.17, 15) is 18.0 Å². The SMILES string of the molecule is O=C(c1c(F)cc(F)cc1F)C1CCCc2sccc21. The van der Waals surface area contributed by atoms with Crippen LogP contribution in [0.25, 0.3) is 0 Å². The Bertz CT molecular complexity index is 655. The molecular weight excluding hydrogens is 285 g/mol. The van der Waals surface area contributed by atoms with Crippen molar-refractivity contribution in [3.8, 4) is 0 Å². The molecule has 0 amide bonds. The van der Waals surface area contributed by atoms with Gasteiger partial charge in [0.05, 0.1) is 5.56 Å². The van der Waals surface area contributed by atoms with Gasteiger partial charge in [0.2, 0.25) is 0 Å². The van der Waals surface area contributed by atoms with Crippen LogP contribution in [0, 0.1) is 17.5 Å². The first-order chi connectivity index (χ1) is 9.58. The number of ketones is 1. The van der Waals surface area contributed by atoms with Gasteiger partial charge in [0.15, 0.2) is 5.78 Å². The van der Waals surface area contributed by atoms with Gasteiger partial charge in [-0.1, -0.05) is 0 Å². The standard InChI is InChI=1S/C15H11F3OS/c16-8-6-11(17)14(12(18)7-8)15(19)10-2-1-3-13-9(10)4-5-20-13/h4-7,10H,1-3H2. The molecule has 0 spiro atoms. The molecule has 1 aromatic carbocycles. The van der Waals surface area contributed by atoms with E-state index in [1.165, 1.54) is 0 Å². The van der Waals surface area contributed by atoms with Crippen molar-refractivity contribution < 1.29 is 18.0 Å². The lowest BCUT2D eigenvalue weighted by molar-refractivity contribution is 0.0943. The molecule has 1 aliphatic carbocycles. The van der Waals surface area contributed by atoms with Gasteiger partial charge >= 0.3 is 0 Å². The lowest BCUT2D eigenvalue weighted by Crippen LogP contribution is -2.20. The molecule has 0 aliphatic heterocycles. The average molecular weight is 296 g/mol. The molecule has 1 aromatic heterocycles. The predicted molar refractivity (Wildman–Crippen MR) is 70.6 cm³/mol. The Morgan fingerprint density at radius 2 is 1.90 bits per heavy atom. The van der Waals surface area contributed by atoms with E-state index in [4.69, 9.17) is 0 Å². The molecule has 104 valence electrons. The highest BCUT2D eigenvalue weighted by Crippen LogP contribution is 2.37. The van der Waals surface area contributed by atoms with Gasteiger partial charge < -0.3 is 0 Å². The number of fused-ring (bicyclic) bond motifs is 1. The van der Waals surface area contributed by atoms with E-state index in [0.29, 0.717) is 18.6 Å². The zero-order valence-corrected chi connectivity index (χ0v) is 11.3. The first-order valence-corrected chi connectivity index (χ1v) is 7.21. The maximum Gasteiger partial charge on any atom is 0.176 e. The number of hydrogen-bond donors (Lipinski definition) is 0. The minimum Gasteiger partial charge on any atom is -0.293 e. The van der Waals surface area contributed by atoms with Crippen LogP contribution in [0.1, 0.15) is 39.6 Å². The predicted octanol–water partition coefficient (Wildman–Crippen LogP) is 4.47. The zero-order chi connectivity index (χ0) is 14.3. The number of halogens is 3. The summed E-state index contributed by atoms with van der Waals surface area (Å²) in [4.78, 5) is 13.5. The quantitative estimate of drug-likeness (QED) is 0.747. The van der Waals surface area contributed by atoms with E-state index >= 15 is 0 Å². The highest BCUT2D eigenvalue weighted by Gasteiger charge is 2.31. The largest absolute Gasteiger partial charge is 0.293 e. The molecule has 1 heterocycles. The van der Waals surface area contributed by atoms with Crippen LogP contribution in [-0.4, -0.2) is 5.78 Å². The summed E-state index contributed by atoms with van der Waals surface area (Å²) in [6, 6.07) is 2.93. The van der Waals surface area contributed by atoms with Gasteiger partial charge in [-0.3, -0.25) is 4.79 Å². The van der Waals surface area contributed by atoms with Crippen LogP contribution < -0.4 is 0 Å². The topological polar surface area (TPSA) is 17.1 Å². The molecular formula is C15H11F3OS.